The van der Waals surface area contributed by atoms with Gasteiger partial charge in [0.15, 0.2) is 0 Å². The number of rotatable bonds is 4. The predicted octanol–water partition coefficient (Wildman–Crippen LogP) is 5.55. The Balaban J connectivity index is 1.68. The maximum atomic E-state index is 13.4. The molecule has 148 valence electrons. The lowest BCUT2D eigenvalue weighted by Gasteiger charge is -2.38. The van der Waals surface area contributed by atoms with Crippen molar-refractivity contribution in [1.82, 2.24) is 5.32 Å². The van der Waals surface area contributed by atoms with Crippen LogP contribution in [0.15, 0.2) is 71.3 Å². The van der Waals surface area contributed by atoms with Gasteiger partial charge in [0.1, 0.15) is 17.1 Å². The van der Waals surface area contributed by atoms with E-state index in [9.17, 15) is 4.79 Å². The number of nitrogens with one attached hydrogen (secondary N) is 1. The first-order valence-electron chi connectivity index (χ1n) is 9.82. The van der Waals surface area contributed by atoms with Gasteiger partial charge in [-0.25, -0.2) is 0 Å². The molecule has 0 radical (unpaired) electrons. The fourth-order valence-corrected chi connectivity index (χ4v) is 3.74. The Hall–Kier alpha value is -3.27. The number of amides is 1. The Morgan fingerprint density at radius 1 is 1.10 bits per heavy atom. The monoisotopic (exact) mass is 387 g/mol. The molecule has 0 saturated heterocycles. The van der Waals surface area contributed by atoms with Gasteiger partial charge in [0.25, 0.3) is 5.91 Å². The molecule has 1 aliphatic rings. The van der Waals surface area contributed by atoms with Gasteiger partial charge in [-0.1, -0.05) is 42.5 Å². The lowest BCUT2D eigenvalue weighted by molar-refractivity contribution is -0.116. The summed E-state index contributed by atoms with van der Waals surface area (Å²) in [7, 11) is 0. The molecular formula is C25H25NO3. The van der Waals surface area contributed by atoms with Gasteiger partial charge >= 0.3 is 0 Å². The van der Waals surface area contributed by atoms with Gasteiger partial charge in [0.05, 0.1) is 17.9 Å². The van der Waals surface area contributed by atoms with Crippen LogP contribution in [0.25, 0.3) is 11.6 Å². The summed E-state index contributed by atoms with van der Waals surface area (Å²) in [6.07, 6.45) is 4.08. The highest BCUT2D eigenvalue weighted by Gasteiger charge is 2.35. The Kier molecular flexibility index (Phi) is 5.01. The molecular weight excluding hydrogens is 362 g/mol. The largest absolute Gasteiger partial charge is 0.487 e. The SMILES string of the molecule is Cc1ccc2c(c1)OC(C)(C)CC2NC(=O)/C(=C/c1ccco1)c1ccccc1. The molecule has 2 aromatic carbocycles. The maximum Gasteiger partial charge on any atom is 0.252 e. The van der Waals surface area contributed by atoms with Crippen molar-refractivity contribution in [2.75, 3.05) is 0 Å². The molecule has 0 aliphatic carbocycles. The maximum absolute atomic E-state index is 13.4. The minimum Gasteiger partial charge on any atom is -0.487 e. The van der Waals surface area contributed by atoms with Crippen molar-refractivity contribution in [2.45, 2.75) is 38.8 Å². The van der Waals surface area contributed by atoms with E-state index in [2.05, 4.69) is 11.4 Å². The summed E-state index contributed by atoms with van der Waals surface area (Å²) in [5.41, 5.74) is 3.19. The normalized spacial score (nSPS) is 17.9. The molecule has 29 heavy (non-hydrogen) atoms. The number of furan rings is 1. The van der Waals surface area contributed by atoms with E-state index in [4.69, 9.17) is 9.15 Å². The van der Waals surface area contributed by atoms with Gasteiger partial charge in [-0.15, -0.1) is 0 Å². The van der Waals surface area contributed by atoms with Crippen molar-refractivity contribution < 1.29 is 13.9 Å². The lowest BCUT2D eigenvalue weighted by Crippen LogP contribution is -2.41. The van der Waals surface area contributed by atoms with E-state index in [0.717, 1.165) is 22.4 Å². The third-order valence-corrected chi connectivity index (χ3v) is 5.09. The first kappa shape index (κ1) is 19.1. The summed E-state index contributed by atoms with van der Waals surface area (Å²) in [5.74, 6) is 1.34. The summed E-state index contributed by atoms with van der Waals surface area (Å²) in [5, 5.41) is 3.23. The lowest BCUT2D eigenvalue weighted by atomic mass is 9.88. The summed E-state index contributed by atoms with van der Waals surface area (Å²) in [6.45, 7) is 6.14. The van der Waals surface area contributed by atoms with E-state index in [1.165, 1.54) is 0 Å². The number of carbonyl (C=O) groups is 1. The molecule has 1 unspecified atom stereocenters. The second-order valence-corrected chi connectivity index (χ2v) is 8.07. The molecule has 1 amide bonds. The van der Waals surface area contributed by atoms with Gasteiger partial charge in [0, 0.05) is 12.0 Å². The van der Waals surface area contributed by atoms with Crippen LogP contribution < -0.4 is 10.1 Å². The second-order valence-electron chi connectivity index (χ2n) is 8.07. The van der Waals surface area contributed by atoms with E-state index in [-0.39, 0.29) is 17.6 Å². The molecule has 0 spiro atoms. The quantitative estimate of drug-likeness (QED) is 0.597. The number of benzene rings is 2. The first-order chi connectivity index (χ1) is 13.9. The average Bonchev–Trinajstić information content (AvgIpc) is 3.18. The van der Waals surface area contributed by atoms with Crippen LogP contribution in [-0.2, 0) is 4.79 Å². The minimum atomic E-state index is -0.365. The van der Waals surface area contributed by atoms with Crippen molar-refractivity contribution in [1.29, 1.82) is 0 Å². The van der Waals surface area contributed by atoms with Crippen molar-refractivity contribution in [3.8, 4) is 5.75 Å². The summed E-state index contributed by atoms with van der Waals surface area (Å²) < 4.78 is 11.6. The number of hydrogen-bond acceptors (Lipinski definition) is 3. The number of ether oxygens (including phenoxy) is 1. The van der Waals surface area contributed by atoms with Crippen molar-refractivity contribution >= 4 is 17.6 Å². The molecule has 0 bridgehead atoms. The highest BCUT2D eigenvalue weighted by atomic mass is 16.5. The van der Waals surface area contributed by atoms with Crippen LogP contribution in [0, 0.1) is 6.92 Å². The fourth-order valence-electron chi connectivity index (χ4n) is 3.74. The number of carbonyl (C=O) groups excluding carboxylic acids is 1. The van der Waals surface area contributed by atoms with Crippen LogP contribution in [0.3, 0.4) is 0 Å². The molecule has 0 fully saturated rings. The molecule has 1 aliphatic heterocycles. The number of hydrogen-bond donors (Lipinski definition) is 1. The summed E-state index contributed by atoms with van der Waals surface area (Å²) in [6, 6.07) is 19.3. The molecule has 3 aromatic rings. The molecule has 4 nitrogen and oxygen atoms in total. The molecule has 4 heteroatoms. The molecule has 0 saturated carbocycles. The van der Waals surface area contributed by atoms with Gasteiger partial charge < -0.3 is 14.5 Å². The molecule has 4 rings (SSSR count). The predicted molar refractivity (Wildman–Crippen MR) is 114 cm³/mol. The fraction of sp³-hybridized carbons (Fsp3) is 0.240. The highest BCUT2D eigenvalue weighted by molar-refractivity contribution is 6.24. The third kappa shape index (κ3) is 4.27. The number of aryl methyl sites for hydroxylation is 1. The Labute approximate surface area is 171 Å². The summed E-state index contributed by atoms with van der Waals surface area (Å²) >= 11 is 0. The van der Waals surface area contributed by atoms with Crippen LogP contribution in [0.1, 0.15) is 48.8 Å². The first-order valence-corrected chi connectivity index (χ1v) is 9.82. The van der Waals surface area contributed by atoms with E-state index in [0.29, 0.717) is 17.8 Å². The second kappa shape index (κ2) is 7.63. The molecule has 1 N–H and O–H groups in total. The average molecular weight is 387 g/mol. The minimum absolute atomic E-state index is 0.134. The van der Waals surface area contributed by atoms with Gasteiger partial charge in [-0.05, 0) is 56.2 Å². The van der Waals surface area contributed by atoms with Crippen LogP contribution in [0.5, 0.6) is 5.75 Å². The van der Waals surface area contributed by atoms with Gasteiger partial charge in [-0.2, -0.15) is 0 Å². The van der Waals surface area contributed by atoms with Crippen LogP contribution in [-0.4, -0.2) is 11.5 Å². The zero-order valence-electron chi connectivity index (χ0n) is 16.9. The topological polar surface area (TPSA) is 51.5 Å². The zero-order chi connectivity index (χ0) is 20.4. The standard InChI is InChI=1S/C25H25NO3/c1-17-11-12-20-22(16-25(2,3)29-23(20)14-17)26-24(27)21(15-19-10-7-13-28-19)18-8-5-4-6-9-18/h4-15,22H,16H2,1-3H3,(H,26,27)/b21-15+. The smallest absolute Gasteiger partial charge is 0.252 e. The van der Waals surface area contributed by atoms with Crippen molar-refractivity contribution in [2.24, 2.45) is 0 Å². The number of fused-ring (bicyclic) bond motifs is 1. The van der Waals surface area contributed by atoms with E-state index in [1.54, 1.807) is 12.3 Å². The van der Waals surface area contributed by atoms with Gasteiger partial charge in [0.2, 0.25) is 0 Å². The molecule has 2 heterocycles. The molecule has 1 atom stereocenters. The van der Waals surface area contributed by atoms with Crippen molar-refractivity contribution in [3.05, 3.63) is 89.4 Å². The third-order valence-electron chi connectivity index (χ3n) is 5.09. The Morgan fingerprint density at radius 2 is 1.90 bits per heavy atom. The Morgan fingerprint density at radius 3 is 2.62 bits per heavy atom. The van der Waals surface area contributed by atoms with Crippen LogP contribution in [0.2, 0.25) is 0 Å². The zero-order valence-corrected chi connectivity index (χ0v) is 16.9. The molecule has 1 aromatic heterocycles. The van der Waals surface area contributed by atoms with Crippen LogP contribution in [0.4, 0.5) is 0 Å². The van der Waals surface area contributed by atoms with E-state index >= 15 is 0 Å². The Bertz CT molecular complexity index is 1030. The summed E-state index contributed by atoms with van der Waals surface area (Å²) in [4.78, 5) is 13.4. The van der Waals surface area contributed by atoms with Gasteiger partial charge in [-0.3, -0.25) is 4.79 Å². The van der Waals surface area contributed by atoms with Crippen molar-refractivity contribution in [3.63, 3.8) is 0 Å². The van der Waals surface area contributed by atoms with Crippen LogP contribution >= 0.6 is 0 Å². The highest BCUT2D eigenvalue weighted by Crippen LogP contribution is 2.40. The van der Waals surface area contributed by atoms with E-state index < -0.39 is 0 Å². The van der Waals surface area contributed by atoms with E-state index in [1.807, 2.05) is 75.4 Å².